The van der Waals surface area contributed by atoms with E-state index in [-0.39, 0.29) is 5.91 Å². The van der Waals surface area contributed by atoms with Crippen LogP contribution in [0.1, 0.15) is 10.4 Å². The lowest BCUT2D eigenvalue weighted by Crippen LogP contribution is -2.48. The predicted octanol–water partition coefficient (Wildman–Crippen LogP) is 4.27. The number of fused-ring (bicyclic) bond motifs is 1. The van der Waals surface area contributed by atoms with Crippen LogP contribution in [0.15, 0.2) is 40.9 Å². The van der Waals surface area contributed by atoms with E-state index >= 15 is 0 Å². The molecule has 4 rings (SSSR count). The molecule has 1 N–H and O–H groups in total. The molecule has 0 unspecified atom stereocenters. The molecule has 0 radical (unpaired) electrons. The van der Waals surface area contributed by atoms with Crippen LogP contribution in [-0.2, 0) is 0 Å². The zero-order valence-electron chi connectivity index (χ0n) is 16.5. The van der Waals surface area contributed by atoms with Gasteiger partial charge in [0.15, 0.2) is 10.9 Å². The molecule has 1 fully saturated rings. The van der Waals surface area contributed by atoms with Crippen molar-refractivity contribution >= 4 is 60.1 Å². The van der Waals surface area contributed by atoms with E-state index in [1.807, 2.05) is 36.4 Å². The Balaban J connectivity index is 1.30. The summed E-state index contributed by atoms with van der Waals surface area (Å²) in [5.41, 5.74) is 1.48. The highest BCUT2D eigenvalue weighted by Gasteiger charge is 2.21. The number of methoxy groups -OCH3 is 1. The van der Waals surface area contributed by atoms with Gasteiger partial charge in [-0.15, -0.1) is 0 Å². The van der Waals surface area contributed by atoms with E-state index in [9.17, 15) is 4.79 Å². The van der Waals surface area contributed by atoms with Gasteiger partial charge in [-0.3, -0.25) is 9.69 Å². The summed E-state index contributed by atoms with van der Waals surface area (Å²) in [6.07, 6.45) is 0. The van der Waals surface area contributed by atoms with Crippen LogP contribution in [0.5, 0.6) is 5.75 Å². The first-order chi connectivity index (χ1) is 14.6. The number of carbonyl (C=O) groups excluding carboxylic acids is 1. The highest BCUT2D eigenvalue weighted by molar-refractivity contribution is 9.10. The van der Waals surface area contributed by atoms with E-state index in [0.717, 1.165) is 52.5 Å². The lowest BCUT2D eigenvalue weighted by molar-refractivity contribution is 0.0947. The van der Waals surface area contributed by atoms with Crippen molar-refractivity contribution in [2.24, 2.45) is 0 Å². The summed E-state index contributed by atoms with van der Waals surface area (Å²) in [6, 6.07) is 11.3. The van der Waals surface area contributed by atoms with Gasteiger partial charge in [-0.05, 0) is 40.2 Å². The van der Waals surface area contributed by atoms with E-state index in [0.29, 0.717) is 22.9 Å². The fraction of sp³-hybridized carbons (Fsp3) is 0.333. The molecule has 1 aliphatic rings. The normalized spacial score (nSPS) is 14.8. The number of carbonyl (C=O) groups is 1. The van der Waals surface area contributed by atoms with Gasteiger partial charge in [0.1, 0.15) is 5.52 Å². The minimum Gasteiger partial charge on any atom is -0.493 e. The Bertz CT molecular complexity index is 1050. The molecule has 1 saturated heterocycles. The predicted molar refractivity (Wildman–Crippen MR) is 126 cm³/mol. The smallest absolute Gasteiger partial charge is 0.252 e. The maximum atomic E-state index is 12.3. The number of anilines is 1. The third-order valence-corrected chi connectivity index (χ3v) is 7.20. The van der Waals surface area contributed by atoms with Crippen LogP contribution in [0.3, 0.4) is 0 Å². The number of hydrogen-bond acceptors (Lipinski definition) is 6. The van der Waals surface area contributed by atoms with Gasteiger partial charge in [0.05, 0.1) is 22.4 Å². The zero-order chi connectivity index (χ0) is 21.1. The summed E-state index contributed by atoms with van der Waals surface area (Å²) in [5.74, 6) is 0.583. The molecule has 0 aliphatic carbocycles. The number of amides is 1. The van der Waals surface area contributed by atoms with Gasteiger partial charge in [-0.2, -0.15) is 0 Å². The summed E-state index contributed by atoms with van der Waals surface area (Å²) in [7, 11) is 1.62. The SMILES string of the molecule is COc1c(Cl)ccc2sc(N3CCN(CCNC(=O)c4ccccc4Br)CC3)nc12. The summed E-state index contributed by atoms with van der Waals surface area (Å²) < 4.78 is 7.31. The van der Waals surface area contributed by atoms with Crippen LogP contribution in [0.25, 0.3) is 10.2 Å². The van der Waals surface area contributed by atoms with Crippen LogP contribution in [0.4, 0.5) is 5.13 Å². The Hall–Kier alpha value is -1.87. The van der Waals surface area contributed by atoms with E-state index in [1.54, 1.807) is 18.4 Å². The third-order valence-electron chi connectivity index (χ3n) is 5.13. The number of nitrogens with zero attached hydrogens (tertiary/aromatic N) is 3. The molecule has 0 atom stereocenters. The zero-order valence-corrected chi connectivity index (χ0v) is 19.7. The third kappa shape index (κ3) is 4.56. The molecular formula is C21H22BrClN4O2S. The number of thiazole rings is 1. The second kappa shape index (κ2) is 9.51. The van der Waals surface area contributed by atoms with E-state index in [4.69, 9.17) is 21.3 Å². The standard InChI is InChI=1S/C21H22BrClN4O2S/c1-29-19-16(23)6-7-17-18(19)25-21(30-17)27-12-10-26(11-13-27)9-8-24-20(28)14-4-2-3-5-15(14)22/h2-7H,8-13H2,1H3,(H,24,28). The summed E-state index contributed by atoms with van der Waals surface area (Å²) in [6.45, 7) is 5.10. The van der Waals surface area contributed by atoms with Crippen molar-refractivity contribution in [2.45, 2.75) is 0 Å². The quantitative estimate of drug-likeness (QED) is 0.538. The van der Waals surface area contributed by atoms with Crippen LogP contribution in [0, 0.1) is 0 Å². The van der Waals surface area contributed by atoms with E-state index < -0.39 is 0 Å². The van der Waals surface area contributed by atoms with Gasteiger partial charge in [-0.1, -0.05) is 35.1 Å². The maximum Gasteiger partial charge on any atom is 0.252 e. The molecule has 1 aliphatic heterocycles. The molecule has 0 spiro atoms. The molecule has 30 heavy (non-hydrogen) atoms. The number of halogens is 2. The van der Waals surface area contributed by atoms with E-state index in [2.05, 4.69) is 31.0 Å². The second-order valence-corrected chi connectivity index (χ2v) is 9.26. The van der Waals surface area contributed by atoms with Crippen molar-refractivity contribution < 1.29 is 9.53 Å². The molecule has 2 aromatic carbocycles. The Morgan fingerprint density at radius 2 is 2.00 bits per heavy atom. The van der Waals surface area contributed by atoms with Crippen molar-refractivity contribution in [1.29, 1.82) is 0 Å². The monoisotopic (exact) mass is 508 g/mol. The number of aromatic nitrogens is 1. The fourth-order valence-corrected chi connectivity index (χ4v) is 5.20. The molecule has 1 amide bonds. The molecule has 0 bridgehead atoms. The number of rotatable bonds is 6. The lowest BCUT2D eigenvalue weighted by Gasteiger charge is -2.34. The van der Waals surface area contributed by atoms with Gasteiger partial charge in [-0.25, -0.2) is 4.98 Å². The first-order valence-electron chi connectivity index (χ1n) is 9.70. The van der Waals surface area contributed by atoms with Crippen molar-refractivity contribution in [3.05, 3.63) is 51.5 Å². The molecule has 158 valence electrons. The maximum absolute atomic E-state index is 12.3. The van der Waals surface area contributed by atoms with Crippen LogP contribution in [-0.4, -0.2) is 62.2 Å². The van der Waals surface area contributed by atoms with Gasteiger partial charge < -0.3 is 15.0 Å². The molecule has 3 aromatic rings. The molecule has 2 heterocycles. The van der Waals surface area contributed by atoms with Crippen molar-refractivity contribution in [1.82, 2.24) is 15.2 Å². The highest BCUT2D eigenvalue weighted by atomic mass is 79.9. The van der Waals surface area contributed by atoms with E-state index in [1.165, 1.54) is 0 Å². The van der Waals surface area contributed by atoms with Gasteiger partial charge in [0, 0.05) is 43.7 Å². The Kier molecular flexibility index (Phi) is 6.77. The number of ether oxygens (including phenoxy) is 1. The minimum atomic E-state index is -0.0526. The second-order valence-electron chi connectivity index (χ2n) is 6.99. The van der Waals surface area contributed by atoms with Gasteiger partial charge >= 0.3 is 0 Å². The first kappa shape index (κ1) is 21.4. The van der Waals surface area contributed by atoms with Crippen molar-refractivity contribution in [3.8, 4) is 5.75 Å². The Labute approximate surface area is 192 Å². The van der Waals surface area contributed by atoms with Crippen LogP contribution < -0.4 is 15.0 Å². The summed E-state index contributed by atoms with van der Waals surface area (Å²) in [4.78, 5) is 21.7. The van der Waals surface area contributed by atoms with Crippen LogP contribution in [0.2, 0.25) is 5.02 Å². The summed E-state index contributed by atoms with van der Waals surface area (Å²) >= 11 is 11.3. The highest BCUT2D eigenvalue weighted by Crippen LogP contribution is 2.38. The Morgan fingerprint density at radius 1 is 1.23 bits per heavy atom. The topological polar surface area (TPSA) is 57.7 Å². The molecular weight excluding hydrogens is 488 g/mol. The fourth-order valence-electron chi connectivity index (χ4n) is 3.49. The van der Waals surface area contributed by atoms with Crippen molar-refractivity contribution in [2.75, 3.05) is 51.3 Å². The molecule has 6 nitrogen and oxygen atoms in total. The largest absolute Gasteiger partial charge is 0.493 e. The average Bonchev–Trinajstić information content (AvgIpc) is 3.19. The van der Waals surface area contributed by atoms with Crippen LogP contribution >= 0.6 is 38.9 Å². The number of benzene rings is 2. The van der Waals surface area contributed by atoms with Gasteiger partial charge in [0.2, 0.25) is 0 Å². The van der Waals surface area contributed by atoms with Gasteiger partial charge in [0.25, 0.3) is 5.91 Å². The Morgan fingerprint density at radius 3 is 2.73 bits per heavy atom. The number of nitrogens with one attached hydrogen (secondary N) is 1. The molecule has 9 heteroatoms. The average molecular weight is 510 g/mol. The molecule has 1 aromatic heterocycles. The molecule has 0 saturated carbocycles. The first-order valence-corrected chi connectivity index (χ1v) is 11.7. The summed E-state index contributed by atoms with van der Waals surface area (Å²) in [5, 5.41) is 4.58. The number of hydrogen-bond donors (Lipinski definition) is 1. The van der Waals surface area contributed by atoms with Crippen molar-refractivity contribution in [3.63, 3.8) is 0 Å². The number of piperazine rings is 1. The minimum absolute atomic E-state index is 0.0526. The lowest BCUT2D eigenvalue weighted by atomic mass is 10.2.